The maximum absolute atomic E-state index is 12.6. The number of ether oxygens (including phenoxy) is 4. The summed E-state index contributed by atoms with van der Waals surface area (Å²) in [7, 11) is 7.82. The quantitative estimate of drug-likeness (QED) is 0.301. The number of piperidine rings is 2. The van der Waals surface area contributed by atoms with E-state index >= 15 is 0 Å². The monoisotopic (exact) mass is 830 g/mol. The molecule has 4 bridgehead atoms. The van der Waals surface area contributed by atoms with Gasteiger partial charge in [-0.2, -0.15) is 54.0 Å². The number of hydrogen-bond acceptors (Lipinski definition) is 8. The molecule has 0 unspecified atom stereocenters. The van der Waals surface area contributed by atoms with E-state index in [9.17, 15) is 9.59 Å². The first-order valence-corrected chi connectivity index (χ1v) is 16.5. The van der Waals surface area contributed by atoms with E-state index in [1.807, 2.05) is 12.1 Å². The van der Waals surface area contributed by atoms with E-state index in [0.717, 1.165) is 74.6 Å². The fourth-order valence-electron chi connectivity index (χ4n) is 11.3. The van der Waals surface area contributed by atoms with Gasteiger partial charge in [-0.05, 0) is 101 Å². The highest BCUT2D eigenvalue weighted by Gasteiger charge is 2.67. The number of hydrogen-bond donors (Lipinski definition) is 0. The Balaban J connectivity index is 0. The van der Waals surface area contributed by atoms with Gasteiger partial charge in [0.1, 0.15) is 0 Å². The number of likely N-dealkylation sites (N-methyl/N-ethyl adjacent to an activating group) is 2. The Morgan fingerprint density at radius 3 is 1.30 bits per heavy atom. The van der Waals surface area contributed by atoms with E-state index in [1.54, 1.807) is 14.2 Å². The number of methoxy groups -OCH3 is 2. The number of ketones is 2. The lowest BCUT2D eigenvalue weighted by Crippen LogP contribution is -2.65. The molecular weight excluding hydrogens is 757 g/mol. The highest BCUT2D eigenvalue weighted by Crippen LogP contribution is 2.64. The van der Waals surface area contributed by atoms with Gasteiger partial charge in [-0.1, -0.05) is 56.7 Å². The van der Waals surface area contributed by atoms with Gasteiger partial charge in [0.25, 0.3) is 0 Å². The van der Waals surface area contributed by atoms with Crippen LogP contribution in [0.25, 0.3) is 0 Å². The van der Waals surface area contributed by atoms with E-state index in [4.69, 9.17) is 18.9 Å². The smallest absolute Gasteiger partial charge is 0.174 e. The second kappa shape index (κ2) is 19.2. The molecule has 54 heavy (non-hydrogen) atoms. The van der Waals surface area contributed by atoms with E-state index in [-0.39, 0.29) is 133 Å². The molecule has 2 spiro atoms. The number of nitrogens with zero attached hydrogens (tertiary/aromatic N) is 2. The Morgan fingerprint density at radius 1 is 0.611 bits per heavy atom. The van der Waals surface area contributed by atoms with Crippen LogP contribution in [0, 0.1) is 11.8 Å². The zero-order valence-corrected chi connectivity index (χ0v) is 32.2. The van der Waals surface area contributed by atoms with Gasteiger partial charge in [-0.3, -0.25) is 9.59 Å². The van der Waals surface area contributed by atoms with Gasteiger partial charge >= 0.3 is 0 Å². The molecule has 4 aliphatic carbocycles. The Hall–Kier alpha value is -1.70. The van der Waals surface area contributed by atoms with Crippen LogP contribution < -0.4 is 18.9 Å². The van der Waals surface area contributed by atoms with Crippen molar-refractivity contribution in [3.63, 3.8) is 0 Å². The minimum Gasteiger partial charge on any atom is -0.493 e. The van der Waals surface area contributed by atoms with Crippen LogP contribution in [0.3, 0.4) is 0 Å². The largest absolute Gasteiger partial charge is 0.493 e. The molecule has 4 aliphatic heterocycles. The van der Waals surface area contributed by atoms with Crippen molar-refractivity contribution in [2.45, 2.75) is 131 Å². The Morgan fingerprint density at radius 2 is 0.963 bits per heavy atom. The van der Waals surface area contributed by atoms with Crippen molar-refractivity contribution in [3.8, 4) is 23.0 Å². The molecule has 312 valence electrons. The summed E-state index contributed by atoms with van der Waals surface area (Å²) in [5.74, 6) is 4.92. The molecule has 0 N–H and O–H groups in total. The van der Waals surface area contributed by atoms with Gasteiger partial charge in [-0.15, -0.1) is 0 Å². The molecule has 8 nitrogen and oxygen atoms in total. The zero-order chi connectivity index (χ0) is 30.1. The van der Waals surface area contributed by atoms with Crippen LogP contribution >= 0.6 is 54.0 Å². The van der Waals surface area contributed by atoms with Crippen molar-refractivity contribution in [2.75, 3.05) is 41.4 Å². The van der Waals surface area contributed by atoms with E-state index in [1.165, 1.54) is 22.3 Å². The second-order valence-corrected chi connectivity index (χ2v) is 14.6. The topological polar surface area (TPSA) is 77.5 Å². The molecule has 8 aliphatic rings. The first kappa shape index (κ1) is 54.4. The minimum atomic E-state index is -0.284. The van der Waals surface area contributed by atoms with Crippen LogP contribution in [0.15, 0.2) is 24.3 Å². The van der Waals surface area contributed by atoms with Crippen molar-refractivity contribution in [1.29, 1.82) is 0 Å². The summed E-state index contributed by atoms with van der Waals surface area (Å²) < 4.78 is 23.6. The molecule has 8 atom stereocenters. The maximum Gasteiger partial charge on any atom is 0.174 e. The molecule has 2 saturated carbocycles. The van der Waals surface area contributed by atoms with Gasteiger partial charge in [0, 0.05) is 46.9 Å². The normalized spacial score (nSPS) is 31.3. The Kier molecular flexibility index (Phi) is 19.3. The molecule has 4 fully saturated rings. The average Bonchev–Trinajstić information content (AvgIpc) is 3.57. The van der Waals surface area contributed by atoms with Crippen LogP contribution in [0.2, 0.25) is 0 Å². The summed E-state index contributed by atoms with van der Waals surface area (Å²) >= 11 is 0. The van der Waals surface area contributed by atoms with Gasteiger partial charge in [-0.25, -0.2) is 0 Å². The molecule has 2 saturated heterocycles. The molecule has 2 aromatic carbocycles. The molecule has 0 aromatic heterocycles. The van der Waals surface area contributed by atoms with Crippen molar-refractivity contribution < 1.29 is 28.5 Å². The number of likely N-dealkylation sites (tertiary alicyclic amines) is 2. The van der Waals surface area contributed by atoms with Gasteiger partial charge < -0.3 is 28.7 Å². The lowest BCUT2D eigenvalue weighted by molar-refractivity contribution is -0.138. The third-order valence-corrected chi connectivity index (χ3v) is 13.2. The number of rotatable bonds is 2. The molecular formula is C42H74N2O6S4. The maximum atomic E-state index is 12.6. The fraction of sp³-hybridized carbons (Fsp3) is 0.667. The average molecular weight is 831 g/mol. The third-order valence-electron chi connectivity index (χ3n) is 13.2. The Bertz CT molecular complexity index is 1510. The van der Waals surface area contributed by atoms with E-state index in [2.05, 4.69) is 36.0 Å². The van der Waals surface area contributed by atoms with Crippen LogP contribution in [0.1, 0.15) is 105 Å². The van der Waals surface area contributed by atoms with E-state index < -0.39 is 0 Å². The predicted molar refractivity (Wildman–Crippen MR) is 245 cm³/mol. The van der Waals surface area contributed by atoms with Crippen molar-refractivity contribution in [2.24, 2.45) is 11.8 Å². The second-order valence-electron chi connectivity index (χ2n) is 14.6. The summed E-state index contributed by atoms with van der Waals surface area (Å²) in [5, 5.41) is 0. The number of benzene rings is 2. The van der Waals surface area contributed by atoms with Gasteiger partial charge in [0.2, 0.25) is 0 Å². The summed E-state index contributed by atoms with van der Waals surface area (Å²) in [6, 6.07) is 9.46. The number of Topliss-reactive ketones (excluding diaryl/α,β-unsaturated/α-hetero) is 2. The SMILES string of the molecule is C.C.C.C.C.C.COc1ccc2c3c1O[C@@H]1C(=O)CC[C@@H]4[C@H](C2)N(C)CC[C@@]314.COc1ccc2c3c1O[C@H]1C(=O)CC[C@H]4[C@@H](C2)N(C)CC[C@]314.S.S.S.S. The molecule has 12 heteroatoms. The highest BCUT2D eigenvalue weighted by molar-refractivity contribution is 7.59. The van der Waals surface area contributed by atoms with Gasteiger partial charge in [0.05, 0.1) is 14.2 Å². The van der Waals surface area contributed by atoms with Crippen LogP contribution in [0.5, 0.6) is 23.0 Å². The summed E-state index contributed by atoms with van der Waals surface area (Å²) in [5.41, 5.74) is 5.15. The van der Waals surface area contributed by atoms with Crippen LogP contribution in [-0.4, -0.2) is 87.1 Å². The first-order valence-electron chi connectivity index (χ1n) is 16.5. The molecule has 2 aromatic rings. The Labute approximate surface area is 355 Å². The lowest BCUT2D eigenvalue weighted by Gasteiger charge is -2.57. The molecule has 0 amide bonds. The highest BCUT2D eigenvalue weighted by atomic mass is 32.1. The summed E-state index contributed by atoms with van der Waals surface area (Å²) in [6.45, 7) is 2.09. The van der Waals surface area contributed by atoms with E-state index in [0.29, 0.717) is 36.8 Å². The first-order chi connectivity index (χ1) is 21.3. The molecule has 0 radical (unpaired) electrons. The van der Waals surface area contributed by atoms with Crippen molar-refractivity contribution in [1.82, 2.24) is 9.80 Å². The lowest BCUT2D eigenvalue weighted by atomic mass is 9.52. The molecule has 4 heterocycles. The van der Waals surface area contributed by atoms with Gasteiger partial charge in [0.15, 0.2) is 46.8 Å². The number of carbonyl (C=O) groups excluding carboxylic acids is 2. The fourth-order valence-corrected chi connectivity index (χ4v) is 11.3. The minimum absolute atomic E-state index is 0. The third kappa shape index (κ3) is 6.78. The number of carbonyl (C=O) groups is 2. The standard InChI is InChI=1S/2C18H21NO3.6CH4.4H2S/c2*1-19-8-7-18-11-4-5-13(20)17(18)22-16-14(21-2)6-3-10(15(16)18)9-12(11)19;;;;;;;;;;/h2*3,6,11-12,17H,4-5,7-9H2,1-2H3;6*1H4;4*1H2/t2*11-,12+,17-,18-;;;;;;;;;;/m10........../s1. The van der Waals surface area contributed by atoms with Crippen molar-refractivity contribution >= 4 is 65.5 Å². The summed E-state index contributed by atoms with van der Waals surface area (Å²) in [4.78, 5) is 30.2. The zero-order valence-electron chi connectivity index (χ0n) is 28.2. The predicted octanol–water partition coefficient (Wildman–Crippen LogP) is 8.13. The summed E-state index contributed by atoms with van der Waals surface area (Å²) in [6.07, 6.45) is 6.94. The van der Waals surface area contributed by atoms with Crippen molar-refractivity contribution in [3.05, 3.63) is 46.5 Å². The van der Waals surface area contributed by atoms with Crippen LogP contribution in [-0.2, 0) is 33.3 Å². The molecule has 10 rings (SSSR count). The van der Waals surface area contributed by atoms with Crippen LogP contribution in [0.4, 0.5) is 0 Å².